The van der Waals surface area contributed by atoms with Crippen molar-refractivity contribution in [3.8, 4) is 0 Å². The SMILES string of the molecule is CC(C)(C)OC(=O)N1CCC(c2nnc(N3CC(CS)CC3=O)o2)CC1. The fraction of sp³-hybridized carbons (Fsp3) is 0.765. The Morgan fingerprint density at radius 1 is 1.31 bits per heavy atom. The van der Waals surface area contributed by atoms with Gasteiger partial charge in [0.1, 0.15) is 5.60 Å². The van der Waals surface area contributed by atoms with Gasteiger partial charge in [0.2, 0.25) is 11.8 Å². The van der Waals surface area contributed by atoms with Crippen molar-refractivity contribution in [2.75, 3.05) is 30.3 Å². The van der Waals surface area contributed by atoms with Gasteiger partial charge in [0, 0.05) is 32.0 Å². The quantitative estimate of drug-likeness (QED) is 0.808. The number of nitrogens with zero attached hydrogens (tertiary/aromatic N) is 4. The number of anilines is 1. The third kappa shape index (κ3) is 4.31. The van der Waals surface area contributed by atoms with Crippen LogP contribution >= 0.6 is 12.6 Å². The van der Waals surface area contributed by atoms with E-state index in [2.05, 4.69) is 22.8 Å². The number of aromatic nitrogens is 2. The maximum absolute atomic E-state index is 12.1. The molecule has 2 fully saturated rings. The highest BCUT2D eigenvalue weighted by Crippen LogP contribution is 2.31. The molecule has 2 aliphatic rings. The first-order valence-corrected chi connectivity index (χ1v) is 9.62. The molecule has 0 aromatic carbocycles. The van der Waals surface area contributed by atoms with Crippen LogP contribution in [0.25, 0.3) is 0 Å². The van der Waals surface area contributed by atoms with E-state index in [9.17, 15) is 9.59 Å². The van der Waals surface area contributed by atoms with E-state index in [1.54, 1.807) is 9.80 Å². The summed E-state index contributed by atoms with van der Waals surface area (Å²) in [4.78, 5) is 27.5. The first-order chi connectivity index (χ1) is 12.3. The Balaban J connectivity index is 1.57. The molecule has 2 saturated heterocycles. The molecule has 0 saturated carbocycles. The number of carbonyl (C=O) groups excluding carboxylic acids is 2. The summed E-state index contributed by atoms with van der Waals surface area (Å²) < 4.78 is 11.2. The van der Waals surface area contributed by atoms with E-state index in [1.807, 2.05) is 20.8 Å². The van der Waals surface area contributed by atoms with Crippen molar-refractivity contribution < 1.29 is 18.7 Å². The summed E-state index contributed by atoms with van der Waals surface area (Å²) in [6.07, 6.45) is 1.64. The molecule has 1 aromatic rings. The molecular formula is C17H26N4O4S. The minimum atomic E-state index is -0.498. The average Bonchev–Trinajstić information content (AvgIpc) is 3.19. The Morgan fingerprint density at radius 3 is 2.58 bits per heavy atom. The molecule has 2 amide bonds. The lowest BCUT2D eigenvalue weighted by Crippen LogP contribution is -2.41. The van der Waals surface area contributed by atoms with Crippen LogP contribution in [0.1, 0.15) is 51.8 Å². The highest BCUT2D eigenvalue weighted by Gasteiger charge is 2.35. The van der Waals surface area contributed by atoms with E-state index >= 15 is 0 Å². The molecule has 0 spiro atoms. The lowest BCUT2D eigenvalue weighted by Gasteiger charge is -2.32. The van der Waals surface area contributed by atoms with Crippen LogP contribution in [0.2, 0.25) is 0 Å². The maximum atomic E-state index is 12.1. The van der Waals surface area contributed by atoms with E-state index in [1.165, 1.54) is 0 Å². The topological polar surface area (TPSA) is 88.8 Å². The molecule has 8 nitrogen and oxygen atoms in total. The number of thiol groups is 1. The van der Waals surface area contributed by atoms with Crippen molar-refractivity contribution in [3.63, 3.8) is 0 Å². The van der Waals surface area contributed by atoms with Crippen LogP contribution in [-0.4, -0.2) is 58.1 Å². The van der Waals surface area contributed by atoms with Gasteiger partial charge in [-0.05, 0) is 45.3 Å². The van der Waals surface area contributed by atoms with Crippen LogP contribution in [0.15, 0.2) is 4.42 Å². The van der Waals surface area contributed by atoms with Crippen LogP contribution in [-0.2, 0) is 9.53 Å². The second-order valence-corrected chi connectivity index (χ2v) is 8.29. The zero-order valence-electron chi connectivity index (χ0n) is 15.5. The minimum absolute atomic E-state index is 0.000931. The highest BCUT2D eigenvalue weighted by molar-refractivity contribution is 7.80. The molecule has 1 unspecified atom stereocenters. The molecule has 0 N–H and O–H groups in total. The number of ether oxygens (including phenoxy) is 1. The molecule has 9 heteroatoms. The van der Waals surface area contributed by atoms with Crippen LogP contribution in [0.3, 0.4) is 0 Å². The van der Waals surface area contributed by atoms with Crippen molar-refractivity contribution in [2.24, 2.45) is 5.92 Å². The monoisotopic (exact) mass is 382 g/mol. The van der Waals surface area contributed by atoms with Gasteiger partial charge in [0.05, 0.1) is 0 Å². The van der Waals surface area contributed by atoms with Gasteiger partial charge in [-0.3, -0.25) is 9.69 Å². The zero-order valence-corrected chi connectivity index (χ0v) is 16.4. The molecule has 2 aliphatic heterocycles. The number of hydrogen-bond acceptors (Lipinski definition) is 7. The van der Waals surface area contributed by atoms with Gasteiger partial charge < -0.3 is 14.1 Å². The Bertz CT molecular complexity index is 664. The second kappa shape index (κ2) is 7.46. The van der Waals surface area contributed by atoms with Crippen molar-refractivity contribution in [1.82, 2.24) is 15.1 Å². The molecular weight excluding hydrogens is 356 g/mol. The van der Waals surface area contributed by atoms with Crippen molar-refractivity contribution in [3.05, 3.63) is 5.89 Å². The van der Waals surface area contributed by atoms with Crippen molar-refractivity contribution in [1.29, 1.82) is 0 Å². The highest BCUT2D eigenvalue weighted by atomic mass is 32.1. The summed E-state index contributed by atoms with van der Waals surface area (Å²) in [6.45, 7) is 7.31. The van der Waals surface area contributed by atoms with Crippen LogP contribution in [0, 0.1) is 5.92 Å². The summed E-state index contributed by atoms with van der Waals surface area (Å²) >= 11 is 4.26. The number of amides is 2. The molecule has 0 aliphatic carbocycles. The fourth-order valence-electron chi connectivity index (χ4n) is 3.22. The lowest BCUT2D eigenvalue weighted by molar-refractivity contribution is -0.117. The van der Waals surface area contributed by atoms with E-state index in [-0.39, 0.29) is 29.9 Å². The van der Waals surface area contributed by atoms with Gasteiger partial charge in [0.25, 0.3) is 0 Å². The fourth-order valence-corrected chi connectivity index (χ4v) is 3.47. The number of likely N-dealkylation sites (tertiary alicyclic amines) is 1. The molecule has 0 bridgehead atoms. The van der Waals surface area contributed by atoms with E-state index in [0.29, 0.717) is 37.7 Å². The molecule has 1 atom stereocenters. The first kappa shape index (κ1) is 19.0. The molecule has 0 radical (unpaired) electrons. The Hall–Kier alpha value is -1.77. The first-order valence-electron chi connectivity index (χ1n) is 8.99. The standard InChI is InChI=1S/C17H26N4O4S/c1-17(2,3)25-16(23)20-6-4-12(5-7-20)14-18-19-15(24-14)21-9-11(10-26)8-13(21)22/h11-12,26H,4-10H2,1-3H3. The second-order valence-electron chi connectivity index (χ2n) is 7.92. The number of hydrogen-bond donors (Lipinski definition) is 1. The van der Waals surface area contributed by atoms with E-state index in [0.717, 1.165) is 12.8 Å². The van der Waals surface area contributed by atoms with Crippen LogP contribution in [0.4, 0.5) is 10.8 Å². The summed E-state index contributed by atoms with van der Waals surface area (Å²) in [5, 5.41) is 8.19. The summed E-state index contributed by atoms with van der Waals surface area (Å²) in [5.41, 5.74) is -0.498. The minimum Gasteiger partial charge on any atom is -0.444 e. The third-order valence-electron chi connectivity index (χ3n) is 4.62. The lowest BCUT2D eigenvalue weighted by atomic mass is 9.97. The Kier molecular flexibility index (Phi) is 5.45. The summed E-state index contributed by atoms with van der Waals surface area (Å²) in [5.74, 6) is 1.50. The summed E-state index contributed by atoms with van der Waals surface area (Å²) in [7, 11) is 0. The van der Waals surface area contributed by atoms with Crippen LogP contribution < -0.4 is 4.90 Å². The van der Waals surface area contributed by atoms with Gasteiger partial charge >= 0.3 is 12.1 Å². The molecule has 3 heterocycles. The number of piperidine rings is 1. The predicted molar refractivity (Wildman–Crippen MR) is 98.4 cm³/mol. The Labute approximate surface area is 158 Å². The van der Waals surface area contributed by atoms with Crippen molar-refractivity contribution >= 4 is 30.6 Å². The Morgan fingerprint density at radius 2 is 2.00 bits per heavy atom. The maximum Gasteiger partial charge on any atom is 0.410 e. The largest absolute Gasteiger partial charge is 0.444 e. The van der Waals surface area contributed by atoms with Crippen molar-refractivity contribution in [2.45, 2.75) is 51.6 Å². The van der Waals surface area contributed by atoms with Gasteiger partial charge in [-0.15, -0.1) is 5.10 Å². The molecule has 26 heavy (non-hydrogen) atoms. The average molecular weight is 382 g/mol. The predicted octanol–water partition coefficient (Wildman–Crippen LogP) is 2.47. The third-order valence-corrected chi connectivity index (χ3v) is 5.14. The molecule has 144 valence electrons. The van der Waals surface area contributed by atoms with Gasteiger partial charge in [-0.25, -0.2) is 4.79 Å². The zero-order chi connectivity index (χ0) is 18.9. The number of carbonyl (C=O) groups is 2. The molecule has 1 aromatic heterocycles. The summed E-state index contributed by atoms with van der Waals surface area (Å²) in [6, 6.07) is 0.267. The van der Waals surface area contributed by atoms with E-state index in [4.69, 9.17) is 9.15 Å². The van der Waals surface area contributed by atoms with Gasteiger partial charge in [0.15, 0.2) is 0 Å². The van der Waals surface area contributed by atoms with Crippen LogP contribution in [0.5, 0.6) is 0 Å². The number of rotatable bonds is 3. The van der Waals surface area contributed by atoms with Gasteiger partial charge in [-0.2, -0.15) is 12.6 Å². The van der Waals surface area contributed by atoms with Gasteiger partial charge in [-0.1, -0.05) is 5.10 Å². The smallest absolute Gasteiger partial charge is 0.410 e. The van der Waals surface area contributed by atoms with E-state index < -0.39 is 5.60 Å². The normalized spacial score (nSPS) is 22.2. The molecule has 3 rings (SSSR count).